The van der Waals surface area contributed by atoms with E-state index >= 15 is 0 Å². The zero-order chi connectivity index (χ0) is 28.3. The van der Waals surface area contributed by atoms with Gasteiger partial charge < -0.3 is 9.64 Å². The fourth-order valence-corrected chi connectivity index (χ4v) is 7.06. The second-order valence-electron chi connectivity index (χ2n) is 9.10. The molecule has 2 heterocycles. The van der Waals surface area contributed by atoms with E-state index in [0.29, 0.717) is 15.7 Å². The van der Waals surface area contributed by atoms with Crippen molar-refractivity contribution in [2.24, 2.45) is 0 Å². The van der Waals surface area contributed by atoms with Gasteiger partial charge in [-0.05, 0) is 55.0 Å². The summed E-state index contributed by atoms with van der Waals surface area (Å²) in [6, 6.07) is 20.9. The number of fused-ring (bicyclic) bond motifs is 1. The molecule has 0 atom stereocenters. The summed E-state index contributed by atoms with van der Waals surface area (Å²) in [4.78, 5) is 33.6. The van der Waals surface area contributed by atoms with Crippen molar-refractivity contribution in [2.45, 2.75) is 18.4 Å². The first kappa shape index (κ1) is 28.0. The number of rotatable bonds is 7. The van der Waals surface area contributed by atoms with Crippen LogP contribution in [0.25, 0.3) is 10.2 Å². The highest BCUT2D eigenvalue weighted by Crippen LogP contribution is 2.32. The van der Waals surface area contributed by atoms with E-state index in [4.69, 9.17) is 16.3 Å². The number of hydrogen-bond donors (Lipinski definition) is 0. The topological polar surface area (TPSA) is 100 Å². The predicted molar refractivity (Wildman–Crippen MR) is 155 cm³/mol. The molecule has 0 bridgehead atoms. The molecule has 0 radical (unpaired) electrons. The largest absolute Gasteiger partial charge is 0.450 e. The van der Waals surface area contributed by atoms with Crippen molar-refractivity contribution in [1.82, 2.24) is 14.2 Å². The van der Waals surface area contributed by atoms with Gasteiger partial charge in [0.15, 0.2) is 5.13 Å². The van der Waals surface area contributed by atoms with Gasteiger partial charge in [0.25, 0.3) is 5.91 Å². The minimum atomic E-state index is -3.80. The molecule has 0 saturated carbocycles. The zero-order valence-electron chi connectivity index (χ0n) is 21.7. The molecule has 12 heteroatoms. The molecule has 1 saturated heterocycles. The van der Waals surface area contributed by atoms with Crippen LogP contribution in [0.4, 0.5) is 9.93 Å². The highest BCUT2D eigenvalue weighted by Gasteiger charge is 2.31. The van der Waals surface area contributed by atoms with E-state index in [-0.39, 0.29) is 50.1 Å². The van der Waals surface area contributed by atoms with Gasteiger partial charge in [0.05, 0.1) is 28.3 Å². The first-order valence-electron chi connectivity index (χ1n) is 12.7. The van der Waals surface area contributed by atoms with Crippen LogP contribution in [0.3, 0.4) is 0 Å². The number of sulfonamides is 1. The van der Waals surface area contributed by atoms with Crippen LogP contribution < -0.4 is 4.90 Å². The van der Waals surface area contributed by atoms with Crippen molar-refractivity contribution >= 4 is 60.3 Å². The molecule has 1 aromatic heterocycles. The number of benzene rings is 3. The van der Waals surface area contributed by atoms with Gasteiger partial charge in [-0.1, -0.05) is 53.3 Å². The number of ether oxygens (including phenoxy) is 1. The van der Waals surface area contributed by atoms with E-state index in [1.807, 2.05) is 42.5 Å². The van der Waals surface area contributed by atoms with Crippen LogP contribution in [-0.4, -0.2) is 67.4 Å². The molecule has 208 valence electrons. The van der Waals surface area contributed by atoms with E-state index in [2.05, 4.69) is 4.98 Å². The second-order valence-corrected chi connectivity index (χ2v) is 12.5. The Morgan fingerprint density at radius 3 is 2.38 bits per heavy atom. The highest BCUT2D eigenvalue weighted by molar-refractivity contribution is 7.89. The van der Waals surface area contributed by atoms with Gasteiger partial charge in [-0.25, -0.2) is 18.2 Å². The van der Waals surface area contributed by atoms with E-state index in [9.17, 15) is 18.0 Å². The van der Waals surface area contributed by atoms with E-state index in [1.165, 1.54) is 44.8 Å². The van der Waals surface area contributed by atoms with Crippen molar-refractivity contribution in [3.05, 3.63) is 88.9 Å². The maximum atomic E-state index is 13.8. The average Bonchev–Trinajstić information content (AvgIpc) is 3.39. The van der Waals surface area contributed by atoms with Gasteiger partial charge in [0.1, 0.15) is 0 Å². The molecule has 1 aliphatic heterocycles. The summed E-state index contributed by atoms with van der Waals surface area (Å²) in [7, 11) is -3.80. The Hall–Kier alpha value is -3.51. The fraction of sp³-hybridized carbons (Fsp3) is 0.250. The highest BCUT2D eigenvalue weighted by atomic mass is 35.5. The Balaban J connectivity index is 1.37. The predicted octanol–water partition coefficient (Wildman–Crippen LogP) is 5.26. The molecular weight excluding hydrogens is 572 g/mol. The van der Waals surface area contributed by atoms with Gasteiger partial charge >= 0.3 is 6.09 Å². The van der Waals surface area contributed by atoms with E-state index < -0.39 is 16.1 Å². The lowest BCUT2D eigenvalue weighted by Gasteiger charge is -2.33. The Morgan fingerprint density at radius 1 is 1.00 bits per heavy atom. The third-order valence-electron chi connectivity index (χ3n) is 6.50. The lowest BCUT2D eigenvalue weighted by atomic mass is 10.1. The quantitative estimate of drug-likeness (QED) is 0.288. The number of nitrogens with zero attached hydrogens (tertiary/aromatic N) is 4. The lowest BCUT2D eigenvalue weighted by molar-refractivity contribution is 0.0933. The van der Waals surface area contributed by atoms with Crippen LogP contribution in [0.5, 0.6) is 0 Å². The number of amides is 2. The molecule has 0 N–H and O–H groups in total. The summed E-state index contributed by atoms with van der Waals surface area (Å²) in [5.74, 6) is -0.305. The molecule has 9 nitrogen and oxygen atoms in total. The number of halogens is 1. The number of carbonyl (C=O) groups is 2. The average molecular weight is 599 g/mol. The maximum absolute atomic E-state index is 13.8. The van der Waals surface area contributed by atoms with Crippen molar-refractivity contribution < 1.29 is 22.7 Å². The van der Waals surface area contributed by atoms with Crippen LogP contribution >= 0.6 is 22.9 Å². The van der Waals surface area contributed by atoms with E-state index in [1.54, 1.807) is 17.9 Å². The Kier molecular flexibility index (Phi) is 8.36. The summed E-state index contributed by atoms with van der Waals surface area (Å²) in [5.41, 5.74) is 1.99. The van der Waals surface area contributed by atoms with Crippen LogP contribution in [0.15, 0.2) is 77.7 Å². The van der Waals surface area contributed by atoms with Gasteiger partial charge in [-0.15, -0.1) is 0 Å². The SMILES string of the molecule is CCOC(=O)N1CCN(S(=O)(=O)c2ccc(C(=O)N(Cc3ccccc3)c3nc4ccc(Cl)cc4s3)cc2)CC1. The third kappa shape index (κ3) is 5.97. The monoisotopic (exact) mass is 598 g/mol. The molecule has 1 aliphatic rings. The molecule has 3 aromatic carbocycles. The van der Waals surface area contributed by atoms with Crippen LogP contribution in [-0.2, 0) is 21.3 Å². The van der Waals surface area contributed by atoms with Gasteiger partial charge in [0.2, 0.25) is 10.0 Å². The molecule has 4 aromatic rings. The Bertz CT molecular complexity index is 1620. The second kappa shape index (κ2) is 11.9. The van der Waals surface area contributed by atoms with Crippen molar-refractivity contribution in [3.8, 4) is 0 Å². The van der Waals surface area contributed by atoms with Crippen LogP contribution in [0.1, 0.15) is 22.8 Å². The number of anilines is 1. The third-order valence-corrected chi connectivity index (χ3v) is 9.69. The summed E-state index contributed by atoms with van der Waals surface area (Å²) in [6.45, 7) is 3.09. The molecule has 40 heavy (non-hydrogen) atoms. The summed E-state index contributed by atoms with van der Waals surface area (Å²) >= 11 is 7.52. The summed E-state index contributed by atoms with van der Waals surface area (Å²) < 4.78 is 33.7. The minimum absolute atomic E-state index is 0.0814. The smallest absolute Gasteiger partial charge is 0.409 e. The molecule has 0 aliphatic carbocycles. The first-order valence-corrected chi connectivity index (χ1v) is 15.3. The Morgan fingerprint density at radius 2 is 1.70 bits per heavy atom. The summed E-state index contributed by atoms with van der Waals surface area (Å²) in [5, 5.41) is 1.10. The Labute approximate surface area is 241 Å². The molecular formula is C28H27ClN4O5S2. The number of hydrogen-bond acceptors (Lipinski definition) is 7. The number of piperazine rings is 1. The van der Waals surface area contributed by atoms with Gasteiger partial charge in [-0.2, -0.15) is 4.31 Å². The molecule has 2 amide bonds. The summed E-state index contributed by atoms with van der Waals surface area (Å²) in [6.07, 6.45) is -0.446. The van der Waals surface area contributed by atoms with Crippen molar-refractivity contribution in [1.29, 1.82) is 0 Å². The van der Waals surface area contributed by atoms with Crippen molar-refractivity contribution in [3.63, 3.8) is 0 Å². The molecule has 0 spiro atoms. The fourth-order valence-electron chi connectivity index (χ4n) is 4.39. The van der Waals surface area contributed by atoms with Crippen LogP contribution in [0, 0.1) is 0 Å². The standard InChI is InChI=1S/C28H27ClN4O5S2/c1-2-38-28(35)31-14-16-32(17-15-31)40(36,37)23-11-8-21(9-12-23)26(34)33(19-20-6-4-3-5-7-20)27-30-24-13-10-22(29)18-25(24)39-27/h3-13,18H,2,14-17,19H2,1H3. The first-order chi connectivity index (χ1) is 19.3. The van der Waals surface area contributed by atoms with E-state index in [0.717, 1.165) is 15.8 Å². The van der Waals surface area contributed by atoms with Crippen molar-refractivity contribution in [2.75, 3.05) is 37.7 Å². The normalized spacial score (nSPS) is 14.3. The maximum Gasteiger partial charge on any atom is 0.409 e. The molecule has 5 rings (SSSR count). The minimum Gasteiger partial charge on any atom is -0.450 e. The van der Waals surface area contributed by atoms with Gasteiger partial charge in [-0.3, -0.25) is 9.69 Å². The lowest BCUT2D eigenvalue weighted by Crippen LogP contribution is -2.50. The van der Waals surface area contributed by atoms with Crippen LogP contribution in [0.2, 0.25) is 5.02 Å². The molecule has 0 unspecified atom stereocenters. The number of thiazole rings is 1. The zero-order valence-corrected chi connectivity index (χ0v) is 24.1. The number of aromatic nitrogens is 1. The molecule has 1 fully saturated rings. The number of carbonyl (C=O) groups excluding carboxylic acids is 2. The van der Waals surface area contributed by atoms with Gasteiger partial charge in [0, 0.05) is 36.8 Å².